The zero-order valence-corrected chi connectivity index (χ0v) is 17.5. The minimum atomic E-state index is -0.541. The molecule has 0 aliphatic heterocycles. The Kier molecular flexibility index (Phi) is 6.29. The molecule has 31 heavy (non-hydrogen) atoms. The van der Waals surface area contributed by atoms with E-state index in [0.717, 1.165) is 41.3 Å². The maximum absolute atomic E-state index is 12.2. The SMILES string of the molecule is N#CCCn1c(-c2ccccc2C=O)c(C2CCCCC2)c2ccc(C(=O)CO)cc21. The highest BCUT2D eigenvalue weighted by Gasteiger charge is 2.27. The number of rotatable bonds is 7. The fraction of sp³-hybridized carbons (Fsp3) is 0.346. The molecule has 5 heteroatoms. The van der Waals surface area contributed by atoms with Crippen molar-refractivity contribution in [2.45, 2.75) is 51.0 Å². The predicted octanol–water partition coefficient (Wildman–Crippen LogP) is 5.26. The molecule has 1 aliphatic carbocycles. The molecule has 1 N–H and O–H groups in total. The first-order valence-corrected chi connectivity index (χ1v) is 10.9. The molecule has 4 rings (SSSR count). The van der Waals surface area contributed by atoms with Gasteiger partial charge in [-0.1, -0.05) is 55.7 Å². The number of hydrogen-bond donors (Lipinski definition) is 1. The van der Waals surface area contributed by atoms with Crippen molar-refractivity contribution in [2.24, 2.45) is 0 Å². The molecular weight excluding hydrogens is 388 g/mol. The molecule has 1 saturated carbocycles. The number of aryl methyl sites for hydroxylation is 1. The number of hydrogen-bond acceptors (Lipinski definition) is 4. The minimum Gasteiger partial charge on any atom is -0.388 e. The molecule has 0 radical (unpaired) electrons. The van der Waals surface area contributed by atoms with Crippen molar-refractivity contribution in [1.29, 1.82) is 5.26 Å². The van der Waals surface area contributed by atoms with Gasteiger partial charge in [-0.05, 0) is 30.4 Å². The summed E-state index contributed by atoms with van der Waals surface area (Å²) in [6.45, 7) is -0.0697. The van der Waals surface area contributed by atoms with Crippen LogP contribution in [-0.4, -0.2) is 28.3 Å². The Bertz CT molecular complexity index is 1160. The van der Waals surface area contributed by atoms with Crippen molar-refractivity contribution in [3.8, 4) is 17.3 Å². The van der Waals surface area contributed by atoms with Gasteiger partial charge in [-0.25, -0.2) is 0 Å². The minimum absolute atomic E-state index is 0.322. The van der Waals surface area contributed by atoms with Crippen LogP contribution in [-0.2, 0) is 6.54 Å². The number of ketones is 1. The normalized spacial score (nSPS) is 14.5. The van der Waals surface area contributed by atoms with E-state index in [0.29, 0.717) is 30.0 Å². The van der Waals surface area contributed by atoms with Crippen molar-refractivity contribution in [3.05, 3.63) is 59.2 Å². The van der Waals surface area contributed by atoms with Crippen molar-refractivity contribution >= 4 is 23.0 Å². The zero-order chi connectivity index (χ0) is 21.8. The Balaban J connectivity index is 2.06. The maximum atomic E-state index is 12.2. The van der Waals surface area contributed by atoms with Gasteiger partial charge in [0.05, 0.1) is 18.2 Å². The van der Waals surface area contributed by atoms with Gasteiger partial charge in [0.25, 0.3) is 0 Å². The second-order valence-corrected chi connectivity index (χ2v) is 8.18. The molecule has 1 aliphatic rings. The molecule has 2 aromatic carbocycles. The fourth-order valence-electron chi connectivity index (χ4n) is 4.95. The summed E-state index contributed by atoms with van der Waals surface area (Å²) in [6.07, 6.45) is 6.96. The number of aliphatic hydroxyl groups is 1. The Morgan fingerprint density at radius 2 is 1.94 bits per heavy atom. The monoisotopic (exact) mass is 414 g/mol. The molecule has 0 spiro atoms. The molecule has 0 unspecified atom stereocenters. The molecule has 0 atom stereocenters. The largest absolute Gasteiger partial charge is 0.388 e. The lowest BCUT2D eigenvalue weighted by Gasteiger charge is -2.24. The molecule has 0 bridgehead atoms. The van der Waals surface area contributed by atoms with E-state index in [9.17, 15) is 20.0 Å². The molecule has 1 heterocycles. The lowest BCUT2D eigenvalue weighted by Crippen LogP contribution is -2.08. The number of aliphatic hydroxyl groups excluding tert-OH is 1. The van der Waals surface area contributed by atoms with Gasteiger partial charge in [0, 0.05) is 34.1 Å². The number of carbonyl (C=O) groups is 2. The smallest absolute Gasteiger partial charge is 0.188 e. The van der Waals surface area contributed by atoms with Crippen LogP contribution in [0.2, 0.25) is 0 Å². The Morgan fingerprint density at radius 1 is 1.16 bits per heavy atom. The standard InChI is InChI=1S/C26H26N2O3/c27-13-6-14-28-23-15-19(24(31)17-30)11-12-22(23)25(18-7-2-1-3-8-18)26(28)21-10-5-4-9-20(21)16-29/h4-5,9-12,15-16,18,30H,1-3,6-8,14,17H2. The first-order chi connectivity index (χ1) is 15.2. The topological polar surface area (TPSA) is 83.1 Å². The number of aldehydes is 1. The number of nitriles is 1. The average molecular weight is 415 g/mol. The maximum Gasteiger partial charge on any atom is 0.188 e. The summed E-state index contributed by atoms with van der Waals surface area (Å²) in [5, 5.41) is 19.7. The van der Waals surface area contributed by atoms with Gasteiger partial charge in [0.2, 0.25) is 0 Å². The van der Waals surface area contributed by atoms with Gasteiger partial charge in [-0.3, -0.25) is 9.59 Å². The van der Waals surface area contributed by atoms with Gasteiger partial charge in [-0.2, -0.15) is 5.26 Å². The van der Waals surface area contributed by atoms with Crippen molar-refractivity contribution in [3.63, 3.8) is 0 Å². The van der Waals surface area contributed by atoms with E-state index < -0.39 is 6.61 Å². The Morgan fingerprint density at radius 3 is 2.65 bits per heavy atom. The van der Waals surface area contributed by atoms with E-state index in [-0.39, 0.29) is 5.78 Å². The van der Waals surface area contributed by atoms with Gasteiger partial charge < -0.3 is 9.67 Å². The lowest BCUT2D eigenvalue weighted by molar-refractivity contribution is 0.0903. The second-order valence-electron chi connectivity index (χ2n) is 8.18. The van der Waals surface area contributed by atoms with Crippen LogP contribution in [0.1, 0.15) is 70.7 Å². The van der Waals surface area contributed by atoms with E-state index in [4.69, 9.17) is 0 Å². The summed E-state index contributed by atoms with van der Waals surface area (Å²) in [4.78, 5) is 24.1. The highest BCUT2D eigenvalue weighted by atomic mass is 16.3. The third kappa shape index (κ3) is 3.92. The number of benzene rings is 2. The Labute approximate surface area is 181 Å². The van der Waals surface area contributed by atoms with E-state index >= 15 is 0 Å². The number of carbonyl (C=O) groups excluding carboxylic acids is 2. The van der Waals surface area contributed by atoms with E-state index in [1.54, 1.807) is 6.07 Å². The van der Waals surface area contributed by atoms with Gasteiger partial charge >= 0.3 is 0 Å². The lowest BCUT2D eigenvalue weighted by atomic mass is 9.81. The molecule has 5 nitrogen and oxygen atoms in total. The second kappa shape index (κ2) is 9.28. The number of nitrogens with zero attached hydrogens (tertiary/aromatic N) is 2. The fourth-order valence-corrected chi connectivity index (χ4v) is 4.95. The summed E-state index contributed by atoms with van der Waals surface area (Å²) in [7, 11) is 0. The quantitative estimate of drug-likeness (QED) is 0.422. The van der Waals surface area contributed by atoms with Crippen LogP contribution < -0.4 is 0 Å². The first kappa shape index (κ1) is 21.0. The summed E-state index contributed by atoms with van der Waals surface area (Å²) >= 11 is 0. The highest BCUT2D eigenvalue weighted by Crippen LogP contribution is 2.45. The summed E-state index contributed by atoms with van der Waals surface area (Å²) in [5.41, 5.74) is 5.01. The third-order valence-corrected chi connectivity index (χ3v) is 6.37. The van der Waals surface area contributed by atoms with Crippen molar-refractivity contribution in [2.75, 3.05) is 6.61 Å². The predicted molar refractivity (Wildman–Crippen MR) is 120 cm³/mol. The first-order valence-electron chi connectivity index (χ1n) is 10.9. The molecule has 158 valence electrons. The van der Waals surface area contributed by atoms with Gasteiger partial charge in [0.15, 0.2) is 12.1 Å². The van der Waals surface area contributed by atoms with Crippen LogP contribution in [0.4, 0.5) is 0 Å². The van der Waals surface area contributed by atoms with Crippen LogP contribution in [0.5, 0.6) is 0 Å². The van der Waals surface area contributed by atoms with E-state index in [1.807, 2.05) is 36.4 Å². The van der Waals surface area contributed by atoms with Crippen LogP contribution in [0, 0.1) is 11.3 Å². The Hall–Kier alpha value is -3.23. The van der Waals surface area contributed by atoms with Crippen molar-refractivity contribution < 1.29 is 14.7 Å². The van der Waals surface area contributed by atoms with E-state index in [1.165, 1.54) is 24.8 Å². The highest BCUT2D eigenvalue weighted by molar-refractivity contribution is 6.03. The van der Waals surface area contributed by atoms with Crippen LogP contribution >= 0.6 is 0 Å². The summed E-state index contributed by atoms with van der Waals surface area (Å²) in [6, 6.07) is 15.4. The molecule has 1 aromatic heterocycles. The molecule has 0 amide bonds. The number of aromatic nitrogens is 1. The van der Waals surface area contributed by atoms with Crippen LogP contribution in [0.25, 0.3) is 22.2 Å². The van der Waals surface area contributed by atoms with Crippen LogP contribution in [0.15, 0.2) is 42.5 Å². The molecule has 1 fully saturated rings. The number of Topliss-reactive ketones (excluding diaryl/α,β-unsaturated/α-hetero) is 1. The van der Waals surface area contributed by atoms with E-state index in [2.05, 4.69) is 10.6 Å². The molecule has 0 saturated heterocycles. The average Bonchev–Trinajstić information content (AvgIpc) is 3.15. The van der Waals surface area contributed by atoms with Crippen LogP contribution in [0.3, 0.4) is 0 Å². The molecular formula is C26H26N2O3. The van der Waals surface area contributed by atoms with Crippen molar-refractivity contribution in [1.82, 2.24) is 4.57 Å². The van der Waals surface area contributed by atoms with Gasteiger partial charge in [-0.15, -0.1) is 0 Å². The van der Waals surface area contributed by atoms with Gasteiger partial charge in [0.1, 0.15) is 6.61 Å². The summed E-state index contributed by atoms with van der Waals surface area (Å²) in [5.74, 6) is 0.0395. The third-order valence-electron chi connectivity index (χ3n) is 6.37. The number of fused-ring (bicyclic) bond motifs is 1. The summed E-state index contributed by atoms with van der Waals surface area (Å²) < 4.78 is 2.10. The zero-order valence-electron chi connectivity index (χ0n) is 17.5. The molecule has 3 aromatic rings.